The van der Waals surface area contributed by atoms with Crippen molar-refractivity contribution >= 4 is 17.1 Å². The van der Waals surface area contributed by atoms with Crippen molar-refractivity contribution in [2.45, 2.75) is 0 Å². The number of methoxy groups -OCH3 is 2. The highest BCUT2D eigenvalue weighted by atomic mass is 16.6. The van der Waals surface area contributed by atoms with Gasteiger partial charge in [-0.1, -0.05) is 0 Å². The average molecular weight is 635 g/mol. The van der Waals surface area contributed by atoms with Gasteiger partial charge in [0.25, 0.3) is 17.1 Å². The van der Waals surface area contributed by atoms with Gasteiger partial charge in [0.2, 0.25) is 0 Å². The Morgan fingerprint density at radius 2 is 1.02 bits per heavy atom. The van der Waals surface area contributed by atoms with Crippen LogP contribution < -0.4 is 18.9 Å². The van der Waals surface area contributed by atoms with Gasteiger partial charge in [0.05, 0.1) is 81.4 Å². The minimum atomic E-state index is -0.668. The normalized spacial score (nSPS) is 10.5. The molecule has 17 heteroatoms. The number of hydrogen-bond donors (Lipinski definition) is 0. The first-order valence-electron chi connectivity index (χ1n) is 13.5. The van der Waals surface area contributed by atoms with E-state index in [-0.39, 0.29) is 125 Å². The first-order chi connectivity index (χ1) is 21.9. The Morgan fingerprint density at radius 3 is 1.42 bits per heavy atom. The summed E-state index contributed by atoms with van der Waals surface area (Å²) in [5, 5.41) is 31.7. The van der Waals surface area contributed by atoms with E-state index in [4.69, 9.17) is 49.2 Å². The molecule has 0 saturated carbocycles. The van der Waals surface area contributed by atoms with E-state index in [2.05, 4.69) is 4.85 Å². The Kier molecular flexibility index (Phi) is 17.0. The minimum absolute atomic E-state index is 0.0949. The van der Waals surface area contributed by atoms with E-state index in [1.807, 2.05) is 0 Å². The zero-order valence-electron chi connectivity index (χ0n) is 24.9. The Bertz CT molecular complexity index is 1230. The van der Waals surface area contributed by atoms with E-state index in [0.29, 0.717) is 0 Å². The van der Waals surface area contributed by atoms with Crippen LogP contribution in [0.5, 0.6) is 23.0 Å². The molecule has 244 valence electrons. The van der Waals surface area contributed by atoms with Crippen molar-refractivity contribution in [1.29, 1.82) is 5.26 Å². The first kappa shape index (κ1) is 36.4. The lowest BCUT2D eigenvalue weighted by molar-refractivity contribution is -0.385. The summed E-state index contributed by atoms with van der Waals surface area (Å²) in [5.41, 5.74) is -1.10. The van der Waals surface area contributed by atoms with E-state index < -0.39 is 9.85 Å². The fraction of sp³-hybridized carbons (Fsp3) is 0.500. The van der Waals surface area contributed by atoms with Gasteiger partial charge in [-0.25, -0.2) is 4.85 Å². The van der Waals surface area contributed by atoms with E-state index in [9.17, 15) is 25.5 Å². The lowest BCUT2D eigenvalue weighted by atomic mass is 10.1. The average Bonchev–Trinajstić information content (AvgIpc) is 3.03. The van der Waals surface area contributed by atoms with Gasteiger partial charge in [-0.05, 0) is 6.07 Å². The van der Waals surface area contributed by atoms with Gasteiger partial charge < -0.3 is 42.6 Å². The molecule has 45 heavy (non-hydrogen) atoms. The Balaban J connectivity index is 1.66. The monoisotopic (exact) mass is 634 g/mol. The summed E-state index contributed by atoms with van der Waals surface area (Å²) in [4.78, 5) is 24.4. The summed E-state index contributed by atoms with van der Waals surface area (Å²) in [6.45, 7) is 9.66. The SMILES string of the molecule is [C-]#[N+]c1cc(OCCOCCOCCOCCOc2cc(C#N)c([N+](=O)[O-])cc2OCCOC)c(OCCOC)cc1[N+](=O)[O-]. The molecule has 0 aliphatic heterocycles. The maximum atomic E-state index is 11.3. The van der Waals surface area contributed by atoms with Gasteiger partial charge in [-0.15, -0.1) is 0 Å². The molecule has 2 rings (SSSR count). The molecule has 17 nitrogen and oxygen atoms in total. The van der Waals surface area contributed by atoms with Crippen molar-refractivity contribution < 1.29 is 52.5 Å². The number of nitro benzene ring substituents is 2. The van der Waals surface area contributed by atoms with Gasteiger partial charge in [0.15, 0.2) is 23.0 Å². The molecule has 0 aromatic heterocycles. The van der Waals surface area contributed by atoms with E-state index in [1.165, 1.54) is 26.4 Å². The van der Waals surface area contributed by atoms with Crippen LogP contribution in [-0.2, 0) is 23.7 Å². The number of nitriles is 1. The maximum absolute atomic E-state index is 11.3. The second kappa shape index (κ2) is 21.0. The number of benzene rings is 2. The molecule has 0 radical (unpaired) electrons. The summed E-state index contributed by atoms with van der Waals surface area (Å²) in [6, 6.07) is 6.58. The van der Waals surface area contributed by atoms with Crippen LogP contribution in [0.3, 0.4) is 0 Å². The third kappa shape index (κ3) is 12.8. The molecule has 0 unspecified atom stereocenters. The molecule has 0 heterocycles. The molecule has 0 fully saturated rings. The van der Waals surface area contributed by atoms with E-state index in [1.54, 1.807) is 6.07 Å². The fourth-order valence-electron chi connectivity index (χ4n) is 3.45. The quantitative estimate of drug-likeness (QED) is 0.0704. The smallest absolute Gasteiger partial charge is 0.291 e. The number of nitro groups is 2. The second-order valence-corrected chi connectivity index (χ2v) is 8.56. The van der Waals surface area contributed by atoms with Crippen LogP contribution in [0, 0.1) is 38.1 Å². The van der Waals surface area contributed by atoms with Crippen LogP contribution in [0.25, 0.3) is 4.85 Å². The molecule has 0 N–H and O–H groups in total. The van der Waals surface area contributed by atoms with E-state index in [0.717, 1.165) is 12.1 Å². The molecule has 0 bridgehead atoms. The van der Waals surface area contributed by atoms with Gasteiger partial charge in [-0.3, -0.25) is 20.2 Å². The standard InChI is InChI=1S/C28H34N4O13/c1-30-22-17-26(28(43-13-5-38-3)19-24(22)32(35)36)45-15-11-41-9-7-39-6-8-40-10-14-44-25-16-21(20-29)23(31(33)34)18-27(25)42-12-4-37-2/h16-19H,4-15H2,2-3H3. The predicted molar refractivity (Wildman–Crippen MR) is 155 cm³/mol. The van der Waals surface area contributed by atoms with Crippen molar-refractivity contribution in [3.63, 3.8) is 0 Å². The van der Waals surface area contributed by atoms with Gasteiger partial charge in [0, 0.05) is 20.3 Å². The van der Waals surface area contributed by atoms with Crippen LogP contribution in [0.2, 0.25) is 0 Å². The van der Waals surface area contributed by atoms with Gasteiger partial charge in [0.1, 0.15) is 38.1 Å². The van der Waals surface area contributed by atoms with Crippen LogP contribution in [0.15, 0.2) is 24.3 Å². The lowest BCUT2D eigenvalue weighted by Crippen LogP contribution is -2.15. The van der Waals surface area contributed by atoms with Crippen molar-refractivity contribution in [1.82, 2.24) is 0 Å². The van der Waals surface area contributed by atoms with Crippen LogP contribution in [-0.4, -0.2) is 103 Å². The zero-order chi connectivity index (χ0) is 32.9. The van der Waals surface area contributed by atoms with Gasteiger partial charge in [-0.2, -0.15) is 5.26 Å². The largest absolute Gasteiger partial charge is 0.489 e. The number of rotatable bonds is 24. The maximum Gasteiger partial charge on any atom is 0.291 e. The third-order valence-corrected chi connectivity index (χ3v) is 5.54. The van der Waals surface area contributed by atoms with Crippen LogP contribution in [0.1, 0.15) is 5.56 Å². The topological polar surface area (TPSA) is 198 Å². The molecular formula is C28H34N4O13. The summed E-state index contributed by atoms with van der Waals surface area (Å²) in [7, 11) is 2.98. The highest BCUT2D eigenvalue weighted by molar-refractivity contribution is 5.69. The third-order valence-electron chi connectivity index (χ3n) is 5.54. The molecular weight excluding hydrogens is 600 g/mol. The molecule has 0 saturated heterocycles. The summed E-state index contributed by atoms with van der Waals surface area (Å²) >= 11 is 0. The molecule has 0 atom stereocenters. The number of ether oxygens (including phenoxy) is 9. The van der Waals surface area contributed by atoms with Crippen LogP contribution >= 0.6 is 0 Å². The Morgan fingerprint density at radius 1 is 0.644 bits per heavy atom. The molecule has 0 aliphatic rings. The van der Waals surface area contributed by atoms with Gasteiger partial charge >= 0.3 is 0 Å². The number of hydrogen-bond acceptors (Lipinski definition) is 14. The van der Waals surface area contributed by atoms with E-state index >= 15 is 0 Å². The summed E-state index contributed by atoms with van der Waals surface area (Å²) in [6.07, 6.45) is 0. The Hall–Kier alpha value is -4.78. The number of nitrogens with zero attached hydrogens (tertiary/aromatic N) is 4. The Labute approximate surface area is 259 Å². The predicted octanol–water partition coefficient (Wildman–Crippen LogP) is 3.48. The zero-order valence-corrected chi connectivity index (χ0v) is 24.9. The second-order valence-electron chi connectivity index (χ2n) is 8.56. The summed E-state index contributed by atoms with van der Waals surface area (Å²) < 4.78 is 48.5. The molecule has 0 spiro atoms. The molecule has 2 aromatic rings. The molecule has 2 aromatic carbocycles. The molecule has 0 amide bonds. The van der Waals surface area contributed by atoms with Crippen molar-refractivity contribution in [2.75, 3.05) is 93.5 Å². The highest BCUT2D eigenvalue weighted by Gasteiger charge is 2.21. The summed E-state index contributed by atoms with van der Waals surface area (Å²) in [5.74, 6) is 0.584. The van der Waals surface area contributed by atoms with Crippen molar-refractivity contribution in [3.8, 4) is 29.1 Å². The van der Waals surface area contributed by atoms with Crippen molar-refractivity contribution in [3.05, 3.63) is 61.5 Å². The first-order valence-corrected chi connectivity index (χ1v) is 13.5. The van der Waals surface area contributed by atoms with Crippen molar-refractivity contribution in [2.24, 2.45) is 0 Å². The highest BCUT2D eigenvalue weighted by Crippen LogP contribution is 2.39. The lowest BCUT2D eigenvalue weighted by Gasteiger charge is -2.14. The fourth-order valence-corrected chi connectivity index (χ4v) is 3.45. The van der Waals surface area contributed by atoms with Crippen LogP contribution in [0.4, 0.5) is 17.1 Å². The molecule has 0 aliphatic carbocycles. The minimum Gasteiger partial charge on any atom is -0.489 e.